The number of aliphatic hydroxyl groups is 1. The maximum atomic E-state index is 9.07. The molecule has 1 aromatic carbocycles. The molecule has 0 heterocycles. The van der Waals surface area contributed by atoms with Crippen LogP contribution >= 0.6 is 11.6 Å². The molecule has 0 radical (unpaired) electrons. The van der Waals surface area contributed by atoms with Crippen molar-refractivity contribution < 1.29 is 5.11 Å². The van der Waals surface area contributed by atoms with Crippen LogP contribution in [0, 0.1) is 5.41 Å². The highest BCUT2D eigenvalue weighted by molar-refractivity contribution is 6.33. The standard InChI is InChI=1S/C12H16ClN3O/c13-10-7-8(12(14)15)1-4-11(10)16(5-6-17)9-2-3-9/h1,4,7,9,17H,2-3,5-6H2,(H3,14,15). The van der Waals surface area contributed by atoms with E-state index in [4.69, 9.17) is 27.9 Å². The Hall–Kier alpha value is -1.26. The number of rotatable bonds is 5. The van der Waals surface area contributed by atoms with Crippen molar-refractivity contribution in [2.75, 3.05) is 18.1 Å². The van der Waals surface area contributed by atoms with E-state index in [0.29, 0.717) is 23.2 Å². The highest BCUT2D eigenvalue weighted by Gasteiger charge is 2.29. The van der Waals surface area contributed by atoms with E-state index < -0.39 is 0 Å². The Kier molecular flexibility index (Phi) is 3.54. The fourth-order valence-corrected chi connectivity index (χ4v) is 2.19. The molecule has 0 saturated heterocycles. The van der Waals surface area contributed by atoms with E-state index in [1.807, 2.05) is 6.07 Å². The highest BCUT2D eigenvalue weighted by Crippen LogP contribution is 2.35. The lowest BCUT2D eigenvalue weighted by Gasteiger charge is -2.25. The van der Waals surface area contributed by atoms with Crippen LogP contribution in [0.2, 0.25) is 5.02 Å². The molecular weight excluding hydrogens is 238 g/mol. The third-order valence-corrected chi connectivity index (χ3v) is 3.20. The summed E-state index contributed by atoms with van der Waals surface area (Å²) < 4.78 is 0. The molecule has 0 aromatic heterocycles. The molecule has 1 aliphatic carbocycles. The van der Waals surface area contributed by atoms with Crippen LogP contribution < -0.4 is 10.6 Å². The summed E-state index contributed by atoms with van der Waals surface area (Å²) in [6.07, 6.45) is 2.29. The van der Waals surface area contributed by atoms with E-state index >= 15 is 0 Å². The van der Waals surface area contributed by atoms with Gasteiger partial charge in [0, 0.05) is 18.2 Å². The third kappa shape index (κ3) is 2.70. The summed E-state index contributed by atoms with van der Waals surface area (Å²) in [7, 11) is 0. The Labute approximate surface area is 105 Å². The van der Waals surface area contributed by atoms with Crippen molar-refractivity contribution >= 4 is 23.1 Å². The first kappa shape index (κ1) is 12.2. The predicted octanol–water partition coefficient (Wildman–Crippen LogP) is 1.59. The molecule has 0 spiro atoms. The van der Waals surface area contributed by atoms with Crippen LogP contribution in [0.5, 0.6) is 0 Å². The number of nitrogens with two attached hydrogens (primary N) is 1. The zero-order valence-electron chi connectivity index (χ0n) is 9.49. The van der Waals surface area contributed by atoms with Crippen molar-refractivity contribution in [1.29, 1.82) is 5.41 Å². The lowest BCUT2D eigenvalue weighted by atomic mass is 10.1. The van der Waals surface area contributed by atoms with Gasteiger partial charge >= 0.3 is 0 Å². The van der Waals surface area contributed by atoms with Gasteiger partial charge in [0.15, 0.2) is 0 Å². The van der Waals surface area contributed by atoms with Gasteiger partial charge in [0.25, 0.3) is 0 Å². The van der Waals surface area contributed by atoms with Gasteiger partial charge < -0.3 is 15.7 Å². The molecule has 5 heteroatoms. The number of hydrogen-bond donors (Lipinski definition) is 3. The largest absolute Gasteiger partial charge is 0.395 e. The normalized spacial score (nSPS) is 14.7. The van der Waals surface area contributed by atoms with Crippen LogP contribution in [0.1, 0.15) is 18.4 Å². The molecule has 0 amide bonds. The SMILES string of the molecule is N=C(N)c1ccc(N(CCO)C2CC2)c(Cl)c1. The molecular formula is C12H16ClN3O. The lowest BCUT2D eigenvalue weighted by molar-refractivity contribution is 0.301. The number of halogens is 1. The first-order chi connectivity index (χ1) is 8.13. The Morgan fingerprint density at radius 1 is 1.53 bits per heavy atom. The second-order valence-corrected chi connectivity index (χ2v) is 4.64. The summed E-state index contributed by atoms with van der Waals surface area (Å²) in [5, 5.41) is 17.0. The molecule has 4 nitrogen and oxygen atoms in total. The maximum absolute atomic E-state index is 9.07. The van der Waals surface area contributed by atoms with Crippen molar-refractivity contribution in [3.63, 3.8) is 0 Å². The van der Waals surface area contributed by atoms with Crippen LogP contribution in [0.15, 0.2) is 18.2 Å². The van der Waals surface area contributed by atoms with E-state index in [9.17, 15) is 0 Å². The Bertz CT molecular complexity index is 432. The van der Waals surface area contributed by atoms with Crippen molar-refractivity contribution in [2.24, 2.45) is 5.73 Å². The molecule has 92 valence electrons. The first-order valence-electron chi connectivity index (χ1n) is 5.65. The van der Waals surface area contributed by atoms with Crippen molar-refractivity contribution in [2.45, 2.75) is 18.9 Å². The topological polar surface area (TPSA) is 73.3 Å². The van der Waals surface area contributed by atoms with Gasteiger partial charge in [0.1, 0.15) is 5.84 Å². The minimum atomic E-state index is 0.0126. The number of hydrogen-bond acceptors (Lipinski definition) is 3. The number of nitrogen functional groups attached to an aromatic ring is 1. The van der Waals surface area contributed by atoms with Gasteiger partial charge in [0.05, 0.1) is 17.3 Å². The van der Waals surface area contributed by atoms with Gasteiger partial charge in [-0.25, -0.2) is 0 Å². The summed E-state index contributed by atoms with van der Waals surface area (Å²) in [6, 6.07) is 5.85. The zero-order chi connectivity index (χ0) is 12.4. The molecule has 2 rings (SSSR count). The Morgan fingerprint density at radius 3 is 2.71 bits per heavy atom. The van der Waals surface area contributed by atoms with E-state index in [0.717, 1.165) is 18.5 Å². The van der Waals surface area contributed by atoms with Crippen molar-refractivity contribution in [3.05, 3.63) is 28.8 Å². The number of benzene rings is 1. The summed E-state index contributed by atoms with van der Waals surface area (Å²) in [6.45, 7) is 0.699. The summed E-state index contributed by atoms with van der Waals surface area (Å²) in [5.41, 5.74) is 6.94. The molecule has 17 heavy (non-hydrogen) atoms. The number of aliphatic hydroxyl groups excluding tert-OH is 1. The lowest BCUT2D eigenvalue weighted by Crippen LogP contribution is -2.29. The number of anilines is 1. The summed E-state index contributed by atoms with van der Waals surface area (Å²) >= 11 is 6.20. The van der Waals surface area contributed by atoms with Gasteiger partial charge in [-0.05, 0) is 31.0 Å². The van der Waals surface area contributed by atoms with Crippen LogP contribution in [-0.4, -0.2) is 30.1 Å². The Morgan fingerprint density at radius 2 is 2.24 bits per heavy atom. The van der Waals surface area contributed by atoms with Gasteiger partial charge in [-0.15, -0.1) is 0 Å². The first-order valence-corrected chi connectivity index (χ1v) is 6.02. The van der Waals surface area contributed by atoms with Gasteiger partial charge in [-0.2, -0.15) is 0 Å². The smallest absolute Gasteiger partial charge is 0.122 e. The van der Waals surface area contributed by atoms with Gasteiger partial charge in [-0.3, -0.25) is 5.41 Å². The molecule has 1 aromatic rings. The molecule has 4 N–H and O–H groups in total. The molecule has 1 fully saturated rings. The van der Waals surface area contributed by atoms with Crippen molar-refractivity contribution in [3.8, 4) is 0 Å². The van der Waals surface area contributed by atoms with E-state index in [1.165, 1.54) is 0 Å². The monoisotopic (exact) mass is 253 g/mol. The Balaban J connectivity index is 2.27. The van der Waals surface area contributed by atoms with Crippen LogP contribution in [0.25, 0.3) is 0 Å². The number of nitrogens with zero attached hydrogens (tertiary/aromatic N) is 1. The van der Waals surface area contributed by atoms with Gasteiger partial charge in [0.2, 0.25) is 0 Å². The number of nitrogens with one attached hydrogen (secondary N) is 1. The highest BCUT2D eigenvalue weighted by atomic mass is 35.5. The van der Waals surface area contributed by atoms with Crippen molar-refractivity contribution in [1.82, 2.24) is 0 Å². The van der Waals surface area contributed by atoms with Crippen LogP contribution in [0.4, 0.5) is 5.69 Å². The summed E-state index contributed by atoms with van der Waals surface area (Å²) in [5.74, 6) is 0.0126. The molecule has 0 unspecified atom stereocenters. The zero-order valence-corrected chi connectivity index (χ0v) is 10.2. The van der Waals surface area contributed by atoms with E-state index in [2.05, 4.69) is 4.90 Å². The van der Waals surface area contributed by atoms with Gasteiger partial charge in [-0.1, -0.05) is 11.6 Å². The molecule has 0 atom stereocenters. The average molecular weight is 254 g/mol. The van der Waals surface area contributed by atoms with Crippen LogP contribution in [-0.2, 0) is 0 Å². The van der Waals surface area contributed by atoms with E-state index in [1.54, 1.807) is 12.1 Å². The fourth-order valence-electron chi connectivity index (χ4n) is 1.90. The molecule has 1 aliphatic rings. The van der Waals surface area contributed by atoms with Crippen LogP contribution in [0.3, 0.4) is 0 Å². The fraction of sp³-hybridized carbons (Fsp3) is 0.417. The maximum Gasteiger partial charge on any atom is 0.122 e. The second-order valence-electron chi connectivity index (χ2n) is 4.23. The molecule has 0 bridgehead atoms. The van der Waals surface area contributed by atoms with E-state index in [-0.39, 0.29) is 12.4 Å². The quantitative estimate of drug-likeness (QED) is 0.551. The minimum absolute atomic E-state index is 0.0126. The number of amidine groups is 1. The third-order valence-electron chi connectivity index (χ3n) is 2.90. The summed E-state index contributed by atoms with van der Waals surface area (Å²) in [4.78, 5) is 2.12. The predicted molar refractivity (Wildman–Crippen MR) is 69.9 cm³/mol. The second kappa shape index (κ2) is 4.94. The average Bonchev–Trinajstić information content (AvgIpc) is 3.10. The molecule has 0 aliphatic heterocycles. The molecule has 1 saturated carbocycles. The minimum Gasteiger partial charge on any atom is -0.395 e.